The summed E-state index contributed by atoms with van der Waals surface area (Å²) in [5, 5.41) is 3.24. The Hall–Kier alpha value is -0.900. The second kappa shape index (κ2) is 9.93. The number of nitrogens with zero attached hydrogens (tertiary/aromatic N) is 2. The van der Waals surface area contributed by atoms with E-state index in [0.29, 0.717) is 5.92 Å². The molecule has 0 aliphatic heterocycles. The average molecular weight is 291 g/mol. The molecule has 21 heavy (non-hydrogen) atoms. The molecule has 1 aromatic carbocycles. The molecule has 0 heterocycles. The molecule has 1 N–H and O–H groups in total. The van der Waals surface area contributed by atoms with E-state index in [4.69, 9.17) is 0 Å². The largest absolute Gasteiger partial charge is 0.319 e. The van der Waals surface area contributed by atoms with Crippen molar-refractivity contribution < 1.29 is 0 Å². The van der Waals surface area contributed by atoms with E-state index in [9.17, 15) is 0 Å². The number of likely N-dealkylation sites (N-methyl/N-ethyl adjacent to an activating group) is 1. The van der Waals surface area contributed by atoms with Crippen molar-refractivity contribution in [2.75, 3.05) is 47.3 Å². The van der Waals surface area contributed by atoms with Crippen molar-refractivity contribution in [3.8, 4) is 0 Å². The minimum Gasteiger partial charge on any atom is -0.319 e. The summed E-state index contributed by atoms with van der Waals surface area (Å²) in [7, 11) is 6.29. The van der Waals surface area contributed by atoms with E-state index in [1.807, 2.05) is 7.05 Å². The maximum Gasteiger partial charge on any atom is 0.0233 e. The van der Waals surface area contributed by atoms with Gasteiger partial charge in [0.15, 0.2) is 0 Å². The van der Waals surface area contributed by atoms with Gasteiger partial charge in [0.05, 0.1) is 0 Å². The highest BCUT2D eigenvalue weighted by Crippen LogP contribution is 2.16. The molecule has 0 fully saturated rings. The molecule has 0 bridgehead atoms. The summed E-state index contributed by atoms with van der Waals surface area (Å²) in [6.07, 6.45) is 1.23. The lowest BCUT2D eigenvalue weighted by atomic mass is 10.00. The van der Waals surface area contributed by atoms with E-state index in [1.165, 1.54) is 24.1 Å². The molecule has 1 unspecified atom stereocenters. The van der Waals surface area contributed by atoms with E-state index >= 15 is 0 Å². The monoisotopic (exact) mass is 291 g/mol. The number of benzene rings is 1. The molecule has 0 saturated carbocycles. The van der Waals surface area contributed by atoms with Gasteiger partial charge in [-0.05, 0) is 64.2 Å². The fourth-order valence-corrected chi connectivity index (χ4v) is 2.59. The highest BCUT2D eigenvalue weighted by molar-refractivity contribution is 5.25. The molecule has 0 aliphatic rings. The van der Waals surface area contributed by atoms with Crippen LogP contribution in [0.15, 0.2) is 24.3 Å². The number of hydrogen-bond donors (Lipinski definition) is 1. The lowest BCUT2D eigenvalue weighted by Gasteiger charge is -2.22. The maximum atomic E-state index is 3.24. The van der Waals surface area contributed by atoms with Gasteiger partial charge in [-0.1, -0.05) is 38.1 Å². The van der Waals surface area contributed by atoms with Crippen LogP contribution < -0.4 is 5.32 Å². The zero-order chi connectivity index (χ0) is 15.7. The Balaban J connectivity index is 2.48. The zero-order valence-electron chi connectivity index (χ0n) is 14.5. The predicted octanol–water partition coefficient (Wildman–Crippen LogP) is 2.78. The lowest BCUT2D eigenvalue weighted by molar-refractivity contribution is 0.259. The van der Waals surface area contributed by atoms with Gasteiger partial charge in [0, 0.05) is 13.1 Å². The zero-order valence-corrected chi connectivity index (χ0v) is 14.5. The molecule has 1 rings (SSSR count). The number of nitrogens with one attached hydrogen (secondary N) is 1. The highest BCUT2D eigenvalue weighted by atomic mass is 15.1. The smallest absolute Gasteiger partial charge is 0.0233 e. The molecule has 0 spiro atoms. The van der Waals surface area contributed by atoms with Crippen LogP contribution in [-0.4, -0.2) is 57.1 Å². The Kier molecular flexibility index (Phi) is 8.58. The second-order valence-corrected chi connectivity index (χ2v) is 6.23. The Labute approximate surface area is 131 Å². The fraction of sp³-hybridized carbons (Fsp3) is 0.667. The number of rotatable bonds is 10. The fourth-order valence-electron chi connectivity index (χ4n) is 2.59. The summed E-state index contributed by atoms with van der Waals surface area (Å²) in [4.78, 5) is 4.78. The molecule has 0 radical (unpaired) electrons. The maximum absolute atomic E-state index is 3.24. The summed E-state index contributed by atoms with van der Waals surface area (Å²) in [5.74, 6) is 0.575. The SMILES string of the molecule is CCN(CCCN(C)C)Cc1ccc(C(C)CNC)cc1. The third-order valence-electron chi connectivity index (χ3n) is 3.99. The second-order valence-electron chi connectivity index (χ2n) is 6.23. The number of hydrogen-bond acceptors (Lipinski definition) is 3. The summed E-state index contributed by atoms with van der Waals surface area (Å²) in [6.45, 7) is 10.1. The molecule has 120 valence electrons. The van der Waals surface area contributed by atoms with E-state index in [0.717, 1.165) is 26.2 Å². The highest BCUT2D eigenvalue weighted by Gasteiger charge is 2.06. The van der Waals surface area contributed by atoms with Gasteiger partial charge in [0.1, 0.15) is 0 Å². The predicted molar refractivity (Wildman–Crippen MR) is 92.9 cm³/mol. The molecule has 1 aromatic rings. The van der Waals surface area contributed by atoms with Crippen LogP contribution in [0.4, 0.5) is 0 Å². The Morgan fingerprint density at radius 3 is 2.29 bits per heavy atom. The molecule has 0 aliphatic carbocycles. The minimum atomic E-state index is 0.575. The Morgan fingerprint density at radius 1 is 1.10 bits per heavy atom. The van der Waals surface area contributed by atoms with Gasteiger partial charge in [0.25, 0.3) is 0 Å². The van der Waals surface area contributed by atoms with Crippen molar-refractivity contribution in [1.29, 1.82) is 0 Å². The average Bonchev–Trinajstić information content (AvgIpc) is 2.46. The third-order valence-corrected chi connectivity index (χ3v) is 3.99. The van der Waals surface area contributed by atoms with Crippen LogP contribution in [0, 0.1) is 0 Å². The first-order chi connectivity index (χ1) is 10.1. The first-order valence-corrected chi connectivity index (χ1v) is 8.17. The third kappa shape index (κ3) is 7.07. The first-order valence-electron chi connectivity index (χ1n) is 8.17. The van der Waals surface area contributed by atoms with E-state index in [-0.39, 0.29) is 0 Å². The molecule has 0 aromatic heterocycles. The minimum absolute atomic E-state index is 0.575. The van der Waals surface area contributed by atoms with E-state index in [1.54, 1.807) is 0 Å². The van der Waals surface area contributed by atoms with Crippen LogP contribution in [0.1, 0.15) is 37.3 Å². The van der Waals surface area contributed by atoms with E-state index in [2.05, 4.69) is 67.3 Å². The van der Waals surface area contributed by atoms with Crippen molar-refractivity contribution in [3.63, 3.8) is 0 Å². The van der Waals surface area contributed by atoms with Crippen molar-refractivity contribution in [1.82, 2.24) is 15.1 Å². The van der Waals surface area contributed by atoms with Crippen molar-refractivity contribution in [3.05, 3.63) is 35.4 Å². The Morgan fingerprint density at radius 2 is 1.76 bits per heavy atom. The van der Waals surface area contributed by atoms with Crippen LogP contribution in [0.25, 0.3) is 0 Å². The van der Waals surface area contributed by atoms with E-state index < -0.39 is 0 Å². The lowest BCUT2D eigenvalue weighted by Crippen LogP contribution is -2.26. The van der Waals surface area contributed by atoms with Crippen LogP contribution in [0.3, 0.4) is 0 Å². The topological polar surface area (TPSA) is 18.5 Å². The molecule has 1 atom stereocenters. The quantitative estimate of drug-likeness (QED) is 0.715. The summed E-state index contributed by atoms with van der Waals surface area (Å²) < 4.78 is 0. The van der Waals surface area contributed by atoms with Gasteiger partial charge >= 0.3 is 0 Å². The van der Waals surface area contributed by atoms with Crippen LogP contribution in [-0.2, 0) is 6.54 Å². The molecular formula is C18H33N3. The summed E-state index contributed by atoms with van der Waals surface area (Å²) in [6, 6.07) is 9.14. The molecular weight excluding hydrogens is 258 g/mol. The standard InChI is InChI=1S/C18H33N3/c1-6-21(13-7-12-20(4)5)15-17-8-10-18(11-9-17)16(2)14-19-3/h8-11,16,19H,6-7,12-15H2,1-5H3. The van der Waals surface area contributed by atoms with Crippen molar-refractivity contribution >= 4 is 0 Å². The van der Waals surface area contributed by atoms with Gasteiger partial charge < -0.3 is 10.2 Å². The van der Waals surface area contributed by atoms with Crippen molar-refractivity contribution in [2.24, 2.45) is 0 Å². The normalized spacial score (nSPS) is 13.1. The summed E-state index contributed by atoms with van der Waals surface area (Å²) >= 11 is 0. The molecule has 3 heteroatoms. The van der Waals surface area contributed by atoms with Gasteiger partial charge in [-0.25, -0.2) is 0 Å². The van der Waals surface area contributed by atoms with Crippen LogP contribution >= 0.6 is 0 Å². The van der Waals surface area contributed by atoms with Crippen LogP contribution in [0.5, 0.6) is 0 Å². The van der Waals surface area contributed by atoms with Gasteiger partial charge in [-0.15, -0.1) is 0 Å². The van der Waals surface area contributed by atoms with Gasteiger partial charge in [0.2, 0.25) is 0 Å². The Bertz CT molecular complexity index is 373. The summed E-state index contributed by atoms with van der Waals surface area (Å²) in [5.41, 5.74) is 2.84. The van der Waals surface area contributed by atoms with Crippen molar-refractivity contribution in [2.45, 2.75) is 32.7 Å². The van der Waals surface area contributed by atoms with Gasteiger partial charge in [-0.3, -0.25) is 4.90 Å². The van der Waals surface area contributed by atoms with Gasteiger partial charge in [-0.2, -0.15) is 0 Å². The first kappa shape index (κ1) is 18.1. The van der Waals surface area contributed by atoms with Crippen LogP contribution in [0.2, 0.25) is 0 Å². The molecule has 3 nitrogen and oxygen atoms in total. The molecule has 0 amide bonds. The molecule has 0 saturated heterocycles.